The highest BCUT2D eigenvalue weighted by Gasteiger charge is 2.38. The van der Waals surface area contributed by atoms with Crippen LogP contribution in [0.25, 0.3) is 0 Å². The molecule has 196 valence electrons. The number of benzene rings is 1. The van der Waals surface area contributed by atoms with Gasteiger partial charge in [-0.25, -0.2) is 27.2 Å². The molecule has 8 nitrogen and oxygen atoms in total. The van der Waals surface area contributed by atoms with Crippen LogP contribution in [0, 0.1) is 5.92 Å². The van der Waals surface area contributed by atoms with Gasteiger partial charge in [-0.3, -0.25) is 4.79 Å². The molecule has 2 fully saturated rings. The van der Waals surface area contributed by atoms with Crippen LogP contribution in [0.5, 0.6) is 5.88 Å². The second-order valence-electron chi connectivity index (χ2n) is 9.25. The lowest BCUT2D eigenvalue weighted by Gasteiger charge is -2.20. The normalized spacial score (nSPS) is 22.8. The smallest absolute Gasteiger partial charge is 0.233 e. The molecule has 3 atom stereocenters. The van der Waals surface area contributed by atoms with Crippen molar-refractivity contribution in [2.24, 2.45) is 5.92 Å². The van der Waals surface area contributed by atoms with Gasteiger partial charge in [0.05, 0.1) is 35.1 Å². The third kappa shape index (κ3) is 6.56. The maximum Gasteiger partial charge on any atom is 0.233 e. The maximum atomic E-state index is 13.8. The van der Waals surface area contributed by atoms with E-state index in [1.807, 2.05) is 6.92 Å². The molecule has 1 aromatic heterocycles. The zero-order valence-electron chi connectivity index (χ0n) is 20.1. The molecule has 1 amide bonds. The van der Waals surface area contributed by atoms with Crippen molar-refractivity contribution in [1.29, 1.82) is 0 Å². The van der Waals surface area contributed by atoms with E-state index >= 15 is 0 Å². The number of hydrogen-bond acceptors (Lipinski definition) is 7. The Kier molecular flexibility index (Phi) is 8.50. The van der Waals surface area contributed by atoms with Gasteiger partial charge in [-0.05, 0) is 62.6 Å². The van der Waals surface area contributed by atoms with E-state index in [0.717, 1.165) is 0 Å². The lowest BCUT2D eigenvalue weighted by atomic mass is 9.87. The highest BCUT2D eigenvalue weighted by molar-refractivity contribution is 7.92. The Bertz CT molecular complexity index is 1120. The Labute approximate surface area is 209 Å². The summed E-state index contributed by atoms with van der Waals surface area (Å²) in [7, 11) is -3.37. The van der Waals surface area contributed by atoms with Crippen LogP contribution >= 0.6 is 0 Å². The standard InChI is InChI=1S/C25H31F2N3O5S/c1-2-34-9-10-35-24-15-28-23(14-29-24)30-25(31)20(11-16-12-21(26)22(27)13-16)17-3-5-18(6-4-17)36(32,33)19-7-8-19/h3-6,14-16,19-22H,2,7-13H2,1H3,(H,28,30,31)/t16?,20-,21?,22?/m1/s1. The van der Waals surface area contributed by atoms with Crippen LogP contribution < -0.4 is 10.1 Å². The number of anilines is 1. The third-order valence-electron chi connectivity index (χ3n) is 6.53. The lowest BCUT2D eigenvalue weighted by molar-refractivity contribution is -0.118. The first-order valence-corrected chi connectivity index (χ1v) is 13.8. The molecule has 2 aliphatic carbocycles. The molecule has 0 saturated heterocycles. The van der Waals surface area contributed by atoms with E-state index in [4.69, 9.17) is 9.47 Å². The van der Waals surface area contributed by atoms with E-state index in [1.165, 1.54) is 24.5 Å². The fourth-order valence-corrected chi connectivity index (χ4v) is 6.08. The van der Waals surface area contributed by atoms with Crippen LogP contribution in [0.4, 0.5) is 14.6 Å². The molecule has 11 heteroatoms. The van der Waals surface area contributed by atoms with E-state index in [0.29, 0.717) is 38.2 Å². The van der Waals surface area contributed by atoms with Gasteiger partial charge in [-0.1, -0.05) is 12.1 Å². The van der Waals surface area contributed by atoms with Crippen molar-refractivity contribution >= 4 is 21.6 Å². The highest BCUT2D eigenvalue weighted by atomic mass is 32.2. The summed E-state index contributed by atoms with van der Waals surface area (Å²) in [6.07, 6.45) is 1.31. The number of carbonyl (C=O) groups is 1. The molecule has 2 unspecified atom stereocenters. The van der Waals surface area contributed by atoms with Crippen molar-refractivity contribution in [2.45, 2.75) is 67.4 Å². The molecule has 1 aromatic carbocycles. The average Bonchev–Trinajstić information content (AvgIpc) is 3.68. The molecule has 1 N–H and O–H groups in total. The fourth-order valence-electron chi connectivity index (χ4n) is 4.43. The molecule has 0 aliphatic heterocycles. The van der Waals surface area contributed by atoms with Gasteiger partial charge in [0, 0.05) is 6.61 Å². The van der Waals surface area contributed by atoms with Crippen LogP contribution in [-0.4, -0.2) is 61.7 Å². The summed E-state index contributed by atoms with van der Waals surface area (Å²) >= 11 is 0. The minimum absolute atomic E-state index is 0.0483. The largest absolute Gasteiger partial charge is 0.474 e. The Morgan fingerprint density at radius 1 is 1.08 bits per heavy atom. The van der Waals surface area contributed by atoms with E-state index < -0.39 is 34.0 Å². The molecular weight excluding hydrogens is 492 g/mol. The van der Waals surface area contributed by atoms with Crippen molar-refractivity contribution in [3.63, 3.8) is 0 Å². The topological polar surface area (TPSA) is 107 Å². The lowest BCUT2D eigenvalue weighted by Crippen LogP contribution is -2.24. The minimum atomic E-state index is -3.37. The first-order chi connectivity index (χ1) is 17.3. The van der Waals surface area contributed by atoms with Crippen molar-refractivity contribution < 1.29 is 31.5 Å². The molecule has 0 spiro atoms. The quantitative estimate of drug-likeness (QED) is 0.419. The summed E-state index contributed by atoms with van der Waals surface area (Å²) in [5.41, 5.74) is 0.573. The van der Waals surface area contributed by atoms with Crippen molar-refractivity contribution in [1.82, 2.24) is 9.97 Å². The molecule has 2 aromatic rings. The van der Waals surface area contributed by atoms with E-state index in [2.05, 4.69) is 15.3 Å². The van der Waals surface area contributed by atoms with Gasteiger partial charge >= 0.3 is 0 Å². The number of halogens is 2. The molecule has 0 bridgehead atoms. The number of nitrogens with zero attached hydrogens (tertiary/aromatic N) is 2. The van der Waals surface area contributed by atoms with Crippen LogP contribution in [0.15, 0.2) is 41.6 Å². The van der Waals surface area contributed by atoms with Crippen LogP contribution in [0.2, 0.25) is 0 Å². The van der Waals surface area contributed by atoms with Gasteiger partial charge in [-0.15, -0.1) is 0 Å². The average molecular weight is 524 g/mol. The Balaban J connectivity index is 1.47. The summed E-state index contributed by atoms with van der Waals surface area (Å²) < 4.78 is 63.3. The van der Waals surface area contributed by atoms with Crippen LogP contribution in [-0.2, 0) is 19.4 Å². The summed E-state index contributed by atoms with van der Waals surface area (Å²) in [4.78, 5) is 21.8. The number of carbonyl (C=O) groups excluding carboxylic acids is 1. The number of ether oxygens (including phenoxy) is 2. The van der Waals surface area contributed by atoms with Crippen LogP contribution in [0.3, 0.4) is 0 Å². The number of nitrogens with one attached hydrogen (secondary N) is 1. The minimum Gasteiger partial charge on any atom is -0.474 e. The first-order valence-electron chi connectivity index (χ1n) is 12.2. The zero-order chi connectivity index (χ0) is 25.7. The predicted molar refractivity (Wildman–Crippen MR) is 129 cm³/mol. The summed E-state index contributed by atoms with van der Waals surface area (Å²) in [5, 5.41) is 2.38. The van der Waals surface area contributed by atoms with Gasteiger partial charge in [0.25, 0.3) is 0 Å². The number of aromatic nitrogens is 2. The zero-order valence-corrected chi connectivity index (χ0v) is 20.9. The molecule has 0 radical (unpaired) electrons. The molecule has 4 rings (SSSR count). The second kappa shape index (κ2) is 11.6. The van der Waals surface area contributed by atoms with E-state index in [-0.39, 0.29) is 47.0 Å². The molecule has 36 heavy (non-hydrogen) atoms. The molecule has 2 saturated carbocycles. The van der Waals surface area contributed by atoms with Gasteiger partial charge in [0.2, 0.25) is 11.8 Å². The highest BCUT2D eigenvalue weighted by Crippen LogP contribution is 2.39. The number of alkyl halides is 2. The second-order valence-corrected chi connectivity index (χ2v) is 11.5. The fraction of sp³-hybridized carbons (Fsp3) is 0.560. The number of hydrogen-bond donors (Lipinski definition) is 1. The number of rotatable bonds is 12. The van der Waals surface area contributed by atoms with Gasteiger partial charge in [-0.2, -0.15) is 0 Å². The van der Waals surface area contributed by atoms with Crippen molar-refractivity contribution in [2.75, 3.05) is 25.1 Å². The Hall–Kier alpha value is -2.66. The summed E-state index contributed by atoms with van der Waals surface area (Å²) in [6, 6.07) is 6.22. The molecular formula is C25H31F2N3O5S. The summed E-state index contributed by atoms with van der Waals surface area (Å²) in [6.45, 7) is 3.20. The SMILES string of the molecule is CCOCCOc1cnc(NC(=O)[C@H](CC2CC(F)C(F)C2)c2ccc(S(=O)(=O)C3CC3)cc2)cn1. The Morgan fingerprint density at radius 2 is 1.78 bits per heavy atom. The van der Waals surface area contributed by atoms with Gasteiger partial charge in [0.15, 0.2) is 15.7 Å². The number of amides is 1. The Morgan fingerprint density at radius 3 is 2.36 bits per heavy atom. The van der Waals surface area contributed by atoms with Crippen LogP contribution in [0.1, 0.15) is 50.5 Å². The van der Waals surface area contributed by atoms with Gasteiger partial charge < -0.3 is 14.8 Å². The van der Waals surface area contributed by atoms with Crippen molar-refractivity contribution in [3.8, 4) is 5.88 Å². The monoisotopic (exact) mass is 523 g/mol. The first kappa shape index (κ1) is 26.4. The number of sulfone groups is 1. The molecule has 1 heterocycles. The van der Waals surface area contributed by atoms with Crippen molar-refractivity contribution in [3.05, 3.63) is 42.2 Å². The summed E-state index contributed by atoms with van der Waals surface area (Å²) in [5.74, 6) is -0.981. The van der Waals surface area contributed by atoms with E-state index in [9.17, 15) is 22.0 Å². The van der Waals surface area contributed by atoms with Gasteiger partial charge in [0.1, 0.15) is 19.0 Å². The van der Waals surface area contributed by atoms with E-state index in [1.54, 1.807) is 12.1 Å². The maximum absolute atomic E-state index is 13.8. The third-order valence-corrected chi connectivity index (χ3v) is 8.81. The molecule has 2 aliphatic rings. The predicted octanol–water partition coefficient (Wildman–Crippen LogP) is 4.03.